The molecule has 0 saturated carbocycles. The van der Waals surface area contributed by atoms with Crippen molar-refractivity contribution in [2.75, 3.05) is 32.5 Å². The van der Waals surface area contributed by atoms with Crippen LogP contribution in [-0.2, 0) is 14.6 Å². The van der Waals surface area contributed by atoms with Crippen LogP contribution in [0.2, 0.25) is 0 Å². The van der Waals surface area contributed by atoms with Crippen LogP contribution in [-0.4, -0.2) is 58.0 Å². The molecule has 0 bridgehead atoms. The number of hydrogen-bond acceptors (Lipinski definition) is 6. The smallest absolute Gasteiger partial charge is 0.223 e. The summed E-state index contributed by atoms with van der Waals surface area (Å²) < 4.78 is 28.1. The molecule has 7 nitrogen and oxygen atoms in total. The molecule has 23 heavy (non-hydrogen) atoms. The van der Waals surface area contributed by atoms with Gasteiger partial charge in [-0.3, -0.25) is 4.79 Å². The van der Waals surface area contributed by atoms with E-state index in [1.165, 1.54) is 12.1 Å². The number of rotatable bonds is 7. The van der Waals surface area contributed by atoms with Gasteiger partial charge in [0.05, 0.1) is 24.0 Å². The Labute approximate surface area is 136 Å². The number of β-amino-alcohol motifs (C(OH)–C–C–N with tert-alkyl or cyclic N) is 1. The third-order valence-electron chi connectivity index (χ3n) is 3.72. The number of carbonyl (C=O) groups is 1. The van der Waals surface area contributed by atoms with Crippen LogP contribution in [0, 0.1) is 5.92 Å². The summed E-state index contributed by atoms with van der Waals surface area (Å²) in [5.74, 6) is 0.417. The van der Waals surface area contributed by atoms with Crippen LogP contribution in [0.4, 0.5) is 0 Å². The summed E-state index contributed by atoms with van der Waals surface area (Å²) in [5, 5.41) is 15.5. The van der Waals surface area contributed by atoms with Gasteiger partial charge in [-0.05, 0) is 24.3 Å². The molecule has 1 fully saturated rings. The first-order valence-corrected chi connectivity index (χ1v) is 9.34. The first kappa shape index (κ1) is 17.7. The van der Waals surface area contributed by atoms with Crippen molar-refractivity contribution in [1.82, 2.24) is 10.6 Å². The maximum Gasteiger partial charge on any atom is 0.223 e. The van der Waals surface area contributed by atoms with Gasteiger partial charge in [-0.1, -0.05) is 0 Å². The van der Waals surface area contributed by atoms with Crippen LogP contribution < -0.4 is 15.4 Å². The fourth-order valence-corrected chi connectivity index (χ4v) is 2.94. The Morgan fingerprint density at radius 3 is 2.61 bits per heavy atom. The summed E-state index contributed by atoms with van der Waals surface area (Å²) in [4.78, 5) is 11.9. The van der Waals surface area contributed by atoms with E-state index < -0.39 is 15.9 Å². The maximum atomic E-state index is 11.7. The Balaban J connectivity index is 1.69. The standard InChI is InChI=1S/C15H22N2O5S/c1-23(20,21)13-4-2-12(3-5-13)22-7-6-15(19)17-9-11-8-16-10-14(11)18/h2-5,11,14,16,18H,6-10H2,1H3,(H,17,19). The Morgan fingerprint density at radius 1 is 1.35 bits per heavy atom. The van der Waals surface area contributed by atoms with E-state index in [0.29, 0.717) is 25.4 Å². The lowest BCUT2D eigenvalue weighted by atomic mass is 10.1. The number of aliphatic hydroxyl groups excluding tert-OH is 1. The molecule has 1 aromatic rings. The largest absolute Gasteiger partial charge is 0.493 e. The van der Waals surface area contributed by atoms with E-state index in [-0.39, 0.29) is 29.7 Å². The van der Waals surface area contributed by atoms with E-state index >= 15 is 0 Å². The van der Waals surface area contributed by atoms with Gasteiger partial charge in [-0.25, -0.2) is 8.42 Å². The molecule has 1 aromatic carbocycles. The van der Waals surface area contributed by atoms with Gasteiger partial charge in [0.25, 0.3) is 0 Å². The predicted molar refractivity (Wildman–Crippen MR) is 85.0 cm³/mol. The van der Waals surface area contributed by atoms with Gasteiger partial charge in [0.2, 0.25) is 5.91 Å². The van der Waals surface area contributed by atoms with Crippen molar-refractivity contribution in [2.24, 2.45) is 5.92 Å². The van der Waals surface area contributed by atoms with Crippen molar-refractivity contribution in [3.63, 3.8) is 0 Å². The number of aliphatic hydroxyl groups is 1. The van der Waals surface area contributed by atoms with Crippen molar-refractivity contribution in [3.05, 3.63) is 24.3 Å². The minimum atomic E-state index is -3.22. The second kappa shape index (κ2) is 7.76. The van der Waals surface area contributed by atoms with Gasteiger partial charge in [0.1, 0.15) is 5.75 Å². The Bertz CT molecular complexity index is 630. The molecule has 8 heteroatoms. The lowest BCUT2D eigenvalue weighted by Gasteiger charge is -2.14. The van der Waals surface area contributed by atoms with Gasteiger partial charge in [0.15, 0.2) is 9.84 Å². The molecule has 3 N–H and O–H groups in total. The van der Waals surface area contributed by atoms with Crippen LogP contribution in [0.15, 0.2) is 29.2 Å². The number of amides is 1. The van der Waals surface area contributed by atoms with Crippen LogP contribution in [0.3, 0.4) is 0 Å². The number of ether oxygens (including phenoxy) is 1. The van der Waals surface area contributed by atoms with Gasteiger partial charge >= 0.3 is 0 Å². The predicted octanol–water partition coefficient (Wildman–Crippen LogP) is -0.444. The molecule has 128 valence electrons. The molecule has 0 radical (unpaired) electrons. The molecule has 1 aliphatic rings. The zero-order valence-electron chi connectivity index (χ0n) is 13.0. The highest BCUT2D eigenvalue weighted by molar-refractivity contribution is 7.90. The van der Waals surface area contributed by atoms with Crippen LogP contribution in [0.25, 0.3) is 0 Å². The zero-order valence-corrected chi connectivity index (χ0v) is 13.8. The summed E-state index contributed by atoms with van der Waals surface area (Å²) >= 11 is 0. The summed E-state index contributed by atoms with van der Waals surface area (Å²) in [6.07, 6.45) is 0.925. The van der Waals surface area contributed by atoms with Gasteiger partial charge in [0, 0.05) is 31.8 Å². The average molecular weight is 342 g/mol. The monoisotopic (exact) mass is 342 g/mol. The summed E-state index contributed by atoms with van der Waals surface area (Å²) in [6.45, 7) is 1.91. The van der Waals surface area contributed by atoms with Crippen molar-refractivity contribution in [2.45, 2.75) is 17.4 Å². The molecule has 0 aromatic heterocycles. The van der Waals surface area contributed by atoms with Crippen molar-refractivity contribution < 1.29 is 23.1 Å². The number of nitrogens with one attached hydrogen (secondary N) is 2. The first-order valence-electron chi connectivity index (χ1n) is 7.44. The minimum Gasteiger partial charge on any atom is -0.493 e. The molecular weight excluding hydrogens is 320 g/mol. The Kier molecular flexibility index (Phi) is 5.97. The van der Waals surface area contributed by atoms with E-state index in [1.54, 1.807) is 12.1 Å². The molecule has 1 aliphatic heterocycles. The summed E-state index contributed by atoms with van der Waals surface area (Å²) in [5.41, 5.74) is 0. The van der Waals surface area contributed by atoms with Gasteiger partial charge in [-0.2, -0.15) is 0 Å². The van der Waals surface area contributed by atoms with Crippen molar-refractivity contribution in [3.8, 4) is 5.75 Å². The highest BCUT2D eigenvalue weighted by Gasteiger charge is 2.24. The summed E-state index contributed by atoms with van der Waals surface area (Å²) in [7, 11) is -3.22. The first-order chi connectivity index (χ1) is 10.9. The second-order valence-corrected chi connectivity index (χ2v) is 7.65. The number of carbonyl (C=O) groups excluding carboxylic acids is 1. The van der Waals surface area contributed by atoms with Crippen molar-refractivity contribution in [1.29, 1.82) is 0 Å². The number of benzene rings is 1. The Hall–Kier alpha value is -1.64. The average Bonchev–Trinajstić information content (AvgIpc) is 2.90. The molecule has 1 saturated heterocycles. The molecule has 2 unspecified atom stereocenters. The molecule has 0 spiro atoms. The number of sulfone groups is 1. The van der Waals surface area contributed by atoms with Crippen molar-refractivity contribution >= 4 is 15.7 Å². The molecule has 1 amide bonds. The lowest BCUT2D eigenvalue weighted by Crippen LogP contribution is -2.34. The second-order valence-electron chi connectivity index (χ2n) is 5.63. The van der Waals surface area contributed by atoms with E-state index in [0.717, 1.165) is 6.26 Å². The zero-order chi connectivity index (χ0) is 16.9. The fraction of sp³-hybridized carbons (Fsp3) is 0.533. The highest BCUT2D eigenvalue weighted by Crippen LogP contribution is 2.15. The van der Waals surface area contributed by atoms with E-state index in [1.807, 2.05) is 0 Å². The normalized spacial score (nSPS) is 21.1. The fourth-order valence-electron chi connectivity index (χ4n) is 2.31. The molecule has 2 rings (SSSR count). The highest BCUT2D eigenvalue weighted by atomic mass is 32.2. The SMILES string of the molecule is CS(=O)(=O)c1ccc(OCCC(=O)NCC2CNCC2O)cc1. The molecule has 1 heterocycles. The van der Waals surface area contributed by atoms with Crippen LogP contribution in [0.5, 0.6) is 5.75 Å². The van der Waals surface area contributed by atoms with Gasteiger partial charge < -0.3 is 20.5 Å². The van der Waals surface area contributed by atoms with Crippen LogP contribution >= 0.6 is 0 Å². The maximum absolute atomic E-state index is 11.7. The van der Waals surface area contributed by atoms with E-state index in [2.05, 4.69) is 10.6 Å². The van der Waals surface area contributed by atoms with E-state index in [9.17, 15) is 18.3 Å². The number of hydrogen-bond donors (Lipinski definition) is 3. The third kappa shape index (κ3) is 5.49. The minimum absolute atomic E-state index is 0.0448. The molecule has 2 atom stereocenters. The third-order valence-corrected chi connectivity index (χ3v) is 4.84. The molecular formula is C15H22N2O5S. The summed E-state index contributed by atoms with van der Waals surface area (Å²) in [6, 6.07) is 6.07. The Morgan fingerprint density at radius 2 is 2.04 bits per heavy atom. The lowest BCUT2D eigenvalue weighted by molar-refractivity contribution is -0.121. The van der Waals surface area contributed by atoms with Gasteiger partial charge in [-0.15, -0.1) is 0 Å². The quantitative estimate of drug-likeness (QED) is 0.620. The van der Waals surface area contributed by atoms with E-state index in [4.69, 9.17) is 4.74 Å². The molecule has 0 aliphatic carbocycles. The topological polar surface area (TPSA) is 105 Å². The van der Waals surface area contributed by atoms with Crippen LogP contribution in [0.1, 0.15) is 6.42 Å².